The van der Waals surface area contributed by atoms with Gasteiger partial charge in [0, 0.05) is 32.2 Å². The van der Waals surface area contributed by atoms with Gasteiger partial charge in [-0.05, 0) is 57.4 Å². The van der Waals surface area contributed by atoms with E-state index in [0.29, 0.717) is 44.9 Å². The van der Waals surface area contributed by atoms with Gasteiger partial charge >= 0.3 is 0 Å². The lowest BCUT2D eigenvalue weighted by atomic mass is 9.97. The number of carbonyl (C=O) groups is 1. The number of amides is 1. The summed E-state index contributed by atoms with van der Waals surface area (Å²) in [7, 11) is -1.98. The van der Waals surface area contributed by atoms with Gasteiger partial charge in [-0.25, -0.2) is 8.42 Å². The molecule has 1 aliphatic rings. The summed E-state index contributed by atoms with van der Waals surface area (Å²) in [6.07, 6.45) is 1.03. The number of rotatable bonds is 8. The third-order valence-corrected chi connectivity index (χ3v) is 6.61. The van der Waals surface area contributed by atoms with Crippen LogP contribution in [0.25, 0.3) is 0 Å². The molecule has 1 fully saturated rings. The van der Waals surface area contributed by atoms with E-state index in [1.807, 2.05) is 20.8 Å². The SMILES string of the molecule is CCOc1ccc(S(=O)(=O)N2CCC(C(=O)N[C@H](C)COC)CC2)cc1C. The lowest BCUT2D eigenvalue weighted by Crippen LogP contribution is -2.45. The molecule has 8 heteroatoms. The summed E-state index contributed by atoms with van der Waals surface area (Å²) in [5, 5.41) is 2.92. The van der Waals surface area contributed by atoms with E-state index in [1.165, 1.54) is 4.31 Å². The van der Waals surface area contributed by atoms with E-state index < -0.39 is 10.0 Å². The molecule has 1 heterocycles. The van der Waals surface area contributed by atoms with Crippen LogP contribution in [-0.2, 0) is 19.6 Å². The van der Waals surface area contributed by atoms with Crippen molar-refractivity contribution in [2.45, 2.75) is 44.6 Å². The summed E-state index contributed by atoms with van der Waals surface area (Å²) < 4.78 is 37.8. The van der Waals surface area contributed by atoms with Crippen LogP contribution in [0.4, 0.5) is 0 Å². The van der Waals surface area contributed by atoms with Crippen LogP contribution in [0, 0.1) is 12.8 Å². The van der Waals surface area contributed by atoms with Gasteiger partial charge in [0.05, 0.1) is 18.1 Å². The van der Waals surface area contributed by atoms with Crippen LogP contribution in [0.15, 0.2) is 23.1 Å². The zero-order valence-electron chi connectivity index (χ0n) is 16.5. The minimum Gasteiger partial charge on any atom is -0.494 e. The molecule has 152 valence electrons. The first-order chi connectivity index (χ1) is 12.8. The van der Waals surface area contributed by atoms with Gasteiger partial charge in [0.15, 0.2) is 0 Å². The second kappa shape index (κ2) is 9.52. The van der Waals surface area contributed by atoms with Gasteiger partial charge < -0.3 is 14.8 Å². The Bertz CT molecular complexity index is 742. The van der Waals surface area contributed by atoms with Crippen LogP contribution in [-0.4, -0.2) is 58.1 Å². The summed E-state index contributed by atoms with van der Waals surface area (Å²) in [6.45, 7) is 7.27. The molecular weight excluding hydrogens is 368 g/mol. The van der Waals surface area contributed by atoms with Gasteiger partial charge in [-0.3, -0.25) is 4.79 Å². The van der Waals surface area contributed by atoms with Crippen LogP contribution in [0.1, 0.15) is 32.3 Å². The maximum Gasteiger partial charge on any atom is 0.243 e. The number of sulfonamides is 1. The highest BCUT2D eigenvalue weighted by Crippen LogP contribution is 2.27. The topological polar surface area (TPSA) is 84.9 Å². The predicted molar refractivity (Wildman–Crippen MR) is 103 cm³/mol. The van der Waals surface area contributed by atoms with Gasteiger partial charge in [-0.15, -0.1) is 0 Å². The first kappa shape index (κ1) is 21.7. The van der Waals surface area contributed by atoms with Crippen LogP contribution in [0.3, 0.4) is 0 Å². The molecule has 1 atom stereocenters. The molecule has 1 aromatic rings. The first-order valence-corrected chi connectivity index (χ1v) is 10.8. The molecule has 0 unspecified atom stereocenters. The maximum atomic E-state index is 12.9. The molecule has 1 aromatic carbocycles. The highest BCUT2D eigenvalue weighted by Gasteiger charge is 2.32. The number of ether oxygens (including phenoxy) is 2. The summed E-state index contributed by atoms with van der Waals surface area (Å²) in [5.74, 6) is 0.489. The van der Waals surface area contributed by atoms with Gasteiger partial charge in [-0.1, -0.05) is 0 Å². The molecular formula is C19H30N2O5S. The fraction of sp³-hybridized carbons (Fsp3) is 0.632. The van der Waals surface area contributed by atoms with E-state index in [9.17, 15) is 13.2 Å². The normalized spacial score (nSPS) is 17.5. The van der Waals surface area contributed by atoms with Crippen molar-refractivity contribution in [3.8, 4) is 5.75 Å². The number of hydrogen-bond acceptors (Lipinski definition) is 5. The van der Waals surface area contributed by atoms with Crippen molar-refractivity contribution in [2.24, 2.45) is 5.92 Å². The molecule has 0 bridgehead atoms. The molecule has 0 aliphatic carbocycles. The number of carbonyl (C=O) groups excluding carboxylic acids is 1. The van der Waals surface area contributed by atoms with Crippen molar-refractivity contribution >= 4 is 15.9 Å². The van der Waals surface area contributed by atoms with Crippen LogP contribution < -0.4 is 10.1 Å². The highest BCUT2D eigenvalue weighted by molar-refractivity contribution is 7.89. The second-order valence-corrected chi connectivity index (χ2v) is 8.84. The highest BCUT2D eigenvalue weighted by atomic mass is 32.2. The Labute approximate surface area is 162 Å². The van der Waals surface area contributed by atoms with E-state index in [2.05, 4.69) is 5.32 Å². The molecule has 1 aliphatic heterocycles. The second-order valence-electron chi connectivity index (χ2n) is 6.90. The number of nitrogens with one attached hydrogen (secondary N) is 1. The van der Waals surface area contributed by atoms with E-state index >= 15 is 0 Å². The number of benzene rings is 1. The van der Waals surface area contributed by atoms with Crippen LogP contribution in [0.2, 0.25) is 0 Å². The van der Waals surface area contributed by atoms with E-state index in [0.717, 1.165) is 5.56 Å². The maximum absolute atomic E-state index is 12.9. The lowest BCUT2D eigenvalue weighted by Gasteiger charge is -2.31. The standard InChI is InChI=1S/C19H30N2O5S/c1-5-26-18-7-6-17(12-14(18)2)27(23,24)21-10-8-16(9-11-21)19(22)20-15(3)13-25-4/h6-7,12,15-16H,5,8-11,13H2,1-4H3,(H,20,22)/t15-/m1/s1. The lowest BCUT2D eigenvalue weighted by molar-refractivity contribution is -0.127. The molecule has 7 nitrogen and oxygen atoms in total. The van der Waals surface area contributed by atoms with Crippen LogP contribution in [0.5, 0.6) is 5.75 Å². The molecule has 0 spiro atoms. The number of aryl methyl sites for hydroxylation is 1. The van der Waals surface area contributed by atoms with Crippen LogP contribution >= 0.6 is 0 Å². The zero-order chi connectivity index (χ0) is 20.0. The summed E-state index contributed by atoms with van der Waals surface area (Å²) in [5.41, 5.74) is 0.791. The molecule has 2 rings (SSSR count). The van der Waals surface area contributed by atoms with Crippen molar-refractivity contribution in [1.29, 1.82) is 0 Å². The largest absolute Gasteiger partial charge is 0.494 e. The first-order valence-electron chi connectivity index (χ1n) is 9.32. The molecule has 1 N–H and O–H groups in total. The minimum atomic E-state index is -3.57. The molecule has 0 saturated carbocycles. The van der Waals surface area contributed by atoms with Crippen molar-refractivity contribution in [2.75, 3.05) is 33.4 Å². The Morgan fingerprint density at radius 1 is 1.33 bits per heavy atom. The Morgan fingerprint density at radius 3 is 2.56 bits per heavy atom. The number of piperidine rings is 1. The third-order valence-electron chi connectivity index (χ3n) is 4.71. The Kier molecular flexibility index (Phi) is 7.64. The van der Waals surface area contributed by atoms with Gasteiger partial charge in [-0.2, -0.15) is 4.31 Å². The van der Waals surface area contributed by atoms with Gasteiger partial charge in [0.1, 0.15) is 5.75 Å². The van der Waals surface area contributed by atoms with Crippen molar-refractivity contribution < 1.29 is 22.7 Å². The van der Waals surface area contributed by atoms with E-state index in [-0.39, 0.29) is 22.8 Å². The number of methoxy groups -OCH3 is 1. The third kappa shape index (κ3) is 5.43. The summed E-state index contributed by atoms with van der Waals surface area (Å²) in [4.78, 5) is 12.6. The Balaban J connectivity index is 2.00. The average Bonchev–Trinajstić information content (AvgIpc) is 2.63. The minimum absolute atomic E-state index is 0.0338. The Hall–Kier alpha value is -1.64. The van der Waals surface area contributed by atoms with Crippen molar-refractivity contribution in [3.05, 3.63) is 23.8 Å². The van der Waals surface area contributed by atoms with Gasteiger partial charge in [0.2, 0.25) is 15.9 Å². The van der Waals surface area contributed by atoms with E-state index in [4.69, 9.17) is 9.47 Å². The smallest absolute Gasteiger partial charge is 0.243 e. The Morgan fingerprint density at radius 2 is 2.00 bits per heavy atom. The quantitative estimate of drug-likeness (QED) is 0.723. The number of nitrogens with zero attached hydrogens (tertiary/aromatic N) is 1. The monoisotopic (exact) mass is 398 g/mol. The van der Waals surface area contributed by atoms with Crippen molar-refractivity contribution in [1.82, 2.24) is 9.62 Å². The number of hydrogen-bond donors (Lipinski definition) is 1. The molecule has 1 saturated heterocycles. The molecule has 0 aromatic heterocycles. The fourth-order valence-corrected chi connectivity index (χ4v) is 4.81. The summed E-state index contributed by atoms with van der Waals surface area (Å²) in [6, 6.07) is 4.86. The zero-order valence-corrected chi connectivity index (χ0v) is 17.3. The fourth-order valence-electron chi connectivity index (χ4n) is 3.26. The molecule has 27 heavy (non-hydrogen) atoms. The molecule has 1 amide bonds. The van der Waals surface area contributed by atoms with E-state index in [1.54, 1.807) is 25.3 Å². The summed E-state index contributed by atoms with van der Waals surface area (Å²) >= 11 is 0. The van der Waals surface area contributed by atoms with Gasteiger partial charge in [0.25, 0.3) is 0 Å². The average molecular weight is 399 g/mol. The predicted octanol–water partition coefficient (Wildman–Crippen LogP) is 1.95. The molecule has 0 radical (unpaired) electrons. The van der Waals surface area contributed by atoms with Crippen molar-refractivity contribution in [3.63, 3.8) is 0 Å².